The molecule has 2 rings (SSSR count). The van der Waals surface area contributed by atoms with E-state index in [9.17, 15) is 18.4 Å². The highest BCUT2D eigenvalue weighted by atomic mass is 32.1. The van der Waals surface area contributed by atoms with Gasteiger partial charge in [-0.25, -0.2) is 13.6 Å². The first-order valence-corrected chi connectivity index (χ1v) is 6.39. The molecule has 0 radical (unpaired) electrons. The second kappa shape index (κ2) is 5.79. The number of amides is 1. The number of thiophene rings is 1. The fraction of sp³-hybridized carbons (Fsp3) is 0.0769. The maximum absolute atomic E-state index is 13.0. The molecule has 0 aliphatic carbocycles. The van der Waals surface area contributed by atoms with Crippen LogP contribution in [0.2, 0.25) is 0 Å². The third kappa shape index (κ3) is 3.39. The lowest BCUT2D eigenvalue weighted by Crippen LogP contribution is -2.13. The maximum atomic E-state index is 13.0. The molecule has 0 bridgehead atoms. The lowest BCUT2D eigenvalue weighted by atomic mass is 10.1. The Morgan fingerprint density at radius 3 is 2.55 bits per heavy atom. The van der Waals surface area contributed by atoms with Crippen LogP contribution in [0.3, 0.4) is 0 Å². The van der Waals surface area contributed by atoms with Gasteiger partial charge in [0, 0.05) is 5.38 Å². The van der Waals surface area contributed by atoms with Gasteiger partial charge in [0.15, 0.2) is 11.6 Å². The van der Waals surface area contributed by atoms with Crippen molar-refractivity contribution in [3.05, 3.63) is 52.4 Å². The van der Waals surface area contributed by atoms with E-state index in [1.54, 1.807) is 0 Å². The summed E-state index contributed by atoms with van der Waals surface area (Å²) in [5.41, 5.74) is 0.412. The number of benzene rings is 1. The minimum absolute atomic E-state index is 0.0816. The average molecular weight is 297 g/mol. The van der Waals surface area contributed by atoms with Gasteiger partial charge in [-0.2, -0.15) is 0 Å². The third-order valence-electron chi connectivity index (χ3n) is 2.46. The zero-order valence-electron chi connectivity index (χ0n) is 10.0. The van der Waals surface area contributed by atoms with E-state index >= 15 is 0 Å². The van der Waals surface area contributed by atoms with Gasteiger partial charge >= 0.3 is 5.97 Å². The second-order valence-corrected chi connectivity index (χ2v) is 4.89. The molecule has 2 aromatic rings. The smallest absolute Gasteiger partial charge is 0.336 e. The fourth-order valence-electron chi connectivity index (χ4n) is 1.53. The van der Waals surface area contributed by atoms with Gasteiger partial charge < -0.3 is 10.4 Å². The summed E-state index contributed by atoms with van der Waals surface area (Å²) in [5, 5.41) is 13.0. The van der Waals surface area contributed by atoms with Crippen molar-refractivity contribution in [1.29, 1.82) is 0 Å². The van der Waals surface area contributed by atoms with Gasteiger partial charge in [-0.3, -0.25) is 4.79 Å². The highest BCUT2D eigenvalue weighted by Crippen LogP contribution is 2.20. The van der Waals surface area contributed by atoms with Crippen LogP contribution in [0, 0.1) is 11.6 Å². The number of aromatic carboxylic acids is 1. The van der Waals surface area contributed by atoms with Crippen molar-refractivity contribution in [2.24, 2.45) is 0 Å². The number of hydrogen-bond donors (Lipinski definition) is 2. The first-order valence-electron chi connectivity index (χ1n) is 5.51. The Kier molecular flexibility index (Phi) is 4.09. The Balaban J connectivity index is 2.01. The number of hydrogen-bond acceptors (Lipinski definition) is 3. The van der Waals surface area contributed by atoms with Crippen LogP contribution >= 0.6 is 11.3 Å². The van der Waals surface area contributed by atoms with E-state index in [0.29, 0.717) is 10.6 Å². The van der Waals surface area contributed by atoms with Crippen LogP contribution in [0.15, 0.2) is 29.6 Å². The summed E-state index contributed by atoms with van der Waals surface area (Å²) in [6, 6.07) is 4.54. The first-order chi connectivity index (χ1) is 9.45. The van der Waals surface area contributed by atoms with Gasteiger partial charge in [0.2, 0.25) is 5.91 Å². The molecule has 0 fully saturated rings. The molecular formula is C13H9F2NO3S. The van der Waals surface area contributed by atoms with Crippen LogP contribution in [0.1, 0.15) is 15.9 Å². The summed E-state index contributed by atoms with van der Waals surface area (Å²) >= 11 is 1.08. The Morgan fingerprint density at radius 2 is 1.95 bits per heavy atom. The number of carbonyl (C=O) groups is 2. The third-order valence-corrected chi connectivity index (χ3v) is 3.30. The molecule has 104 valence electrons. The van der Waals surface area contributed by atoms with Crippen molar-refractivity contribution in [2.45, 2.75) is 6.42 Å². The van der Waals surface area contributed by atoms with Crippen molar-refractivity contribution in [2.75, 3.05) is 5.32 Å². The molecule has 0 aliphatic rings. The molecule has 20 heavy (non-hydrogen) atoms. The van der Waals surface area contributed by atoms with E-state index in [1.807, 2.05) is 0 Å². The molecule has 1 heterocycles. The fourth-order valence-corrected chi connectivity index (χ4v) is 2.32. The highest BCUT2D eigenvalue weighted by molar-refractivity contribution is 7.14. The second-order valence-electron chi connectivity index (χ2n) is 3.98. The number of carboxylic acid groups (broad SMARTS) is 1. The molecule has 2 N–H and O–H groups in total. The van der Waals surface area contributed by atoms with E-state index in [2.05, 4.69) is 5.32 Å². The van der Waals surface area contributed by atoms with Crippen molar-refractivity contribution in [3.63, 3.8) is 0 Å². The summed E-state index contributed by atoms with van der Waals surface area (Å²) in [6.07, 6.45) is -0.127. The molecule has 1 amide bonds. The SMILES string of the molecule is O=C(Cc1ccc(F)c(F)c1)Nc1cc(C(=O)O)cs1. The maximum Gasteiger partial charge on any atom is 0.336 e. The zero-order valence-corrected chi connectivity index (χ0v) is 10.8. The minimum Gasteiger partial charge on any atom is -0.478 e. The molecule has 4 nitrogen and oxygen atoms in total. The van der Waals surface area contributed by atoms with Gasteiger partial charge in [-0.05, 0) is 23.8 Å². The van der Waals surface area contributed by atoms with Crippen molar-refractivity contribution in [1.82, 2.24) is 0 Å². The number of anilines is 1. The average Bonchev–Trinajstić information content (AvgIpc) is 2.82. The number of carboxylic acids is 1. The minimum atomic E-state index is -1.08. The van der Waals surface area contributed by atoms with Crippen molar-refractivity contribution < 1.29 is 23.5 Å². The quantitative estimate of drug-likeness (QED) is 0.912. The lowest BCUT2D eigenvalue weighted by Gasteiger charge is -2.03. The van der Waals surface area contributed by atoms with E-state index < -0.39 is 23.5 Å². The van der Waals surface area contributed by atoms with Gasteiger partial charge in [-0.15, -0.1) is 11.3 Å². The molecule has 0 spiro atoms. The standard InChI is InChI=1S/C13H9F2NO3S/c14-9-2-1-7(3-10(9)15)4-11(17)16-12-5-8(6-20-12)13(18)19/h1-3,5-6H,4H2,(H,16,17)(H,18,19). The lowest BCUT2D eigenvalue weighted by molar-refractivity contribution is -0.115. The van der Waals surface area contributed by atoms with E-state index in [1.165, 1.54) is 17.5 Å². The Morgan fingerprint density at radius 1 is 1.20 bits per heavy atom. The number of rotatable bonds is 4. The molecule has 1 aromatic heterocycles. The number of nitrogens with one attached hydrogen (secondary N) is 1. The van der Waals surface area contributed by atoms with E-state index in [0.717, 1.165) is 23.5 Å². The molecule has 0 unspecified atom stereocenters. The van der Waals surface area contributed by atoms with Crippen LogP contribution in [0.4, 0.5) is 13.8 Å². The summed E-state index contributed by atoms with van der Waals surface area (Å²) < 4.78 is 25.7. The van der Waals surface area contributed by atoms with Crippen molar-refractivity contribution in [3.8, 4) is 0 Å². The van der Waals surface area contributed by atoms with Crippen LogP contribution in [0.5, 0.6) is 0 Å². The summed E-state index contributed by atoms with van der Waals surface area (Å²) in [4.78, 5) is 22.4. The Labute approximate surface area is 116 Å². The van der Waals surface area contributed by atoms with Gasteiger partial charge in [0.05, 0.1) is 17.0 Å². The Bertz CT molecular complexity index is 669. The van der Waals surface area contributed by atoms with Gasteiger partial charge in [-0.1, -0.05) is 6.07 Å². The van der Waals surface area contributed by atoms with E-state index in [4.69, 9.17) is 5.11 Å². The monoisotopic (exact) mass is 297 g/mol. The zero-order chi connectivity index (χ0) is 14.7. The molecule has 0 atom stereocenters. The molecule has 1 aromatic carbocycles. The number of halogens is 2. The molecule has 7 heteroatoms. The first kappa shape index (κ1) is 14.1. The molecular weight excluding hydrogens is 288 g/mol. The molecule has 0 aliphatic heterocycles. The Hall–Kier alpha value is -2.28. The predicted molar refractivity (Wildman–Crippen MR) is 70.0 cm³/mol. The largest absolute Gasteiger partial charge is 0.478 e. The highest BCUT2D eigenvalue weighted by Gasteiger charge is 2.11. The van der Waals surface area contributed by atoms with E-state index in [-0.39, 0.29) is 12.0 Å². The topological polar surface area (TPSA) is 66.4 Å². The van der Waals surface area contributed by atoms with Gasteiger partial charge in [0.1, 0.15) is 0 Å². The summed E-state index contributed by atoms with van der Waals surface area (Å²) in [5.74, 6) is -3.50. The molecule has 0 saturated heterocycles. The van der Waals surface area contributed by atoms with Crippen LogP contribution in [0.25, 0.3) is 0 Å². The number of carbonyl (C=O) groups excluding carboxylic acids is 1. The van der Waals surface area contributed by atoms with Crippen LogP contribution in [-0.4, -0.2) is 17.0 Å². The predicted octanol–water partition coefficient (Wildman–Crippen LogP) is 2.91. The summed E-state index contributed by atoms with van der Waals surface area (Å²) in [6.45, 7) is 0. The van der Waals surface area contributed by atoms with Crippen LogP contribution in [-0.2, 0) is 11.2 Å². The van der Waals surface area contributed by atoms with Gasteiger partial charge in [0.25, 0.3) is 0 Å². The molecule has 0 saturated carbocycles. The normalized spacial score (nSPS) is 10.3. The van der Waals surface area contributed by atoms with Crippen LogP contribution < -0.4 is 5.32 Å². The van der Waals surface area contributed by atoms with Crippen molar-refractivity contribution >= 4 is 28.2 Å². The summed E-state index contributed by atoms with van der Waals surface area (Å²) in [7, 11) is 0.